The molecule has 1 aliphatic rings. The van der Waals surface area contributed by atoms with Crippen molar-refractivity contribution in [1.82, 2.24) is 19.5 Å². The molecule has 7 aromatic rings. The maximum Gasteiger partial charge on any atom is 0.328 e. The van der Waals surface area contributed by atoms with Crippen LogP contribution in [0.5, 0.6) is 11.5 Å². The summed E-state index contributed by atoms with van der Waals surface area (Å²) in [4.78, 5) is 52.2. The molecule has 1 fully saturated rings. The summed E-state index contributed by atoms with van der Waals surface area (Å²) in [5.41, 5.74) is 5.81. The van der Waals surface area contributed by atoms with E-state index in [1.165, 1.54) is 18.0 Å². The molecule has 0 saturated carbocycles. The normalized spacial score (nSPS) is 18.6. The third-order valence-corrected chi connectivity index (χ3v) is 19.4. The fraction of sp³-hybridized carbons (Fsp3) is 0.321. The van der Waals surface area contributed by atoms with Crippen molar-refractivity contribution in [3.05, 3.63) is 173 Å². The van der Waals surface area contributed by atoms with Crippen LogP contribution in [-0.2, 0) is 38.4 Å². The lowest BCUT2D eigenvalue weighted by Gasteiger charge is -2.41. The van der Waals surface area contributed by atoms with Gasteiger partial charge in [-0.2, -0.15) is 4.98 Å². The van der Waals surface area contributed by atoms with Gasteiger partial charge in [0.2, 0.25) is 5.95 Å². The van der Waals surface area contributed by atoms with Crippen LogP contribution in [0.4, 0.5) is 5.95 Å². The predicted octanol–water partition coefficient (Wildman–Crippen LogP) is 6.71. The number of rotatable bonds is 22. The molecule has 2 unspecified atom stereocenters. The number of nitrogens with two attached hydrogens (primary N) is 1. The third-order valence-electron chi connectivity index (χ3n) is 13.2. The number of carbonyl (C=O) groups excluding carboxylic acids is 1. The van der Waals surface area contributed by atoms with Crippen LogP contribution in [0.15, 0.2) is 151 Å². The number of carbonyl (C=O) groups is 1. The molecule has 8 rings (SSSR count). The van der Waals surface area contributed by atoms with Gasteiger partial charge < -0.3 is 39.0 Å². The summed E-state index contributed by atoms with van der Waals surface area (Å²) in [6.07, 6.45) is -5.96. The van der Waals surface area contributed by atoms with Gasteiger partial charge in [0.25, 0.3) is 5.56 Å². The Bertz CT molecular complexity index is 2890. The third kappa shape index (κ3) is 10.7. The highest BCUT2D eigenvalue weighted by molar-refractivity contribution is 7.53. The number of Topliss-reactive ketones (excluding diaryl/α,β-unsaturated/α-hetero) is 1. The molecule has 0 bridgehead atoms. The molecule has 6 atom stereocenters. The van der Waals surface area contributed by atoms with Crippen LogP contribution < -0.4 is 31.1 Å². The fourth-order valence-corrected chi connectivity index (χ4v) is 15.7. The monoisotopic (exact) mass is 1000 g/mol. The van der Waals surface area contributed by atoms with Crippen LogP contribution in [0, 0.1) is 5.92 Å². The van der Waals surface area contributed by atoms with Crippen molar-refractivity contribution in [2.75, 3.05) is 46.4 Å². The van der Waals surface area contributed by atoms with Gasteiger partial charge in [-0.3, -0.25) is 28.2 Å². The van der Waals surface area contributed by atoms with Crippen LogP contribution in [0.2, 0.25) is 12.6 Å². The van der Waals surface area contributed by atoms with Gasteiger partial charge in [0.1, 0.15) is 49.6 Å². The lowest BCUT2D eigenvalue weighted by Crippen LogP contribution is -2.56. The highest BCUT2D eigenvalue weighted by Crippen LogP contribution is 2.52. The standard InChI is InChI=1S/C53H60N5O11PSi/c1-35(2)44(59)45(68-53(36-16-10-7-11-17-36,37-22-26-39(64-4)27-23-37)38-24-28-40(65-5)29-25-38)46-47(48(66-31-30-63-3)51(67-46)58-34-55-43-49(58)56-52(54)57-50(43)60)69-70(61,62)32-33-71(6,41-18-12-8-13-19-41)42-20-14-9-15-21-42/h7-29,34-35,45-48,51H,30-33H2,1-6H3,(H,61,62)(H3,54,56,57,60)/t45?,46-,47-,48-,51-/m1/s1. The summed E-state index contributed by atoms with van der Waals surface area (Å²) in [6, 6.07) is 44.4. The largest absolute Gasteiger partial charge is 0.497 e. The molecule has 0 spiro atoms. The Morgan fingerprint density at radius 3 is 1.87 bits per heavy atom. The molecule has 4 N–H and O–H groups in total. The molecule has 1 saturated heterocycles. The summed E-state index contributed by atoms with van der Waals surface area (Å²) >= 11 is 0. The van der Waals surface area contributed by atoms with Gasteiger partial charge in [-0.1, -0.05) is 146 Å². The van der Waals surface area contributed by atoms with Crippen molar-refractivity contribution in [3.8, 4) is 11.5 Å². The second-order valence-electron chi connectivity index (χ2n) is 17.9. The van der Waals surface area contributed by atoms with Crippen molar-refractivity contribution in [2.45, 2.75) is 62.7 Å². The van der Waals surface area contributed by atoms with Crippen molar-refractivity contribution in [3.63, 3.8) is 0 Å². The molecular weight excluding hydrogens is 942 g/mol. The first-order valence-electron chi connectivity index (χ1n) is 23.4. The lowest BCUT2D eigenvalue weighted by atomic mass is 9.79. The van der Waals surface area contributed by atoms with E-state index < -0.39 is 69.2 Å². The summed E-state index contributed by atoms with van der Waals surface area (Å²) in [6.45, 7) is 5.74. The predicted molar refractivity (Wildman–Crippen MR) is 273 cm³/mol. The molecule has 18 heteroatoms. The molecule has 0 radical (unpaired) electrons. The van der Waals surface area contributed by atoms with Crippen LogP contribution in [0.1, 0.15) is 36.8 Å². The van der Waals surface area contributed by atoms with E-state index in [1.807, 2.05) is 91.0 Å². The molecule has 5 aromatic carbocycles. The molecule has 71 heavy (non-hydrogen) atoms. The Morgan fingerprint density at radius 2 is 1.35 bits per heavy atom. The van der Waals surface area contributed by atoms with Crippen LogP contribution in [0.3, 0.4) is 0 Å². The number of hydrogen-bond acceptors (Lipinski definition) is 13. The number of ketones is 1. The summed E-state index contributed by atoms with van der Waals surface area (Å²) < 4.78 is 61.1. The number of fused-ring (bicyclic) bond motifs is 1. The van der Waals surface area contributed by atoms with E-state index in [9.17, 15) is 9.69 Å². The molecule has 372 valence electrons. The topological polar surface area (TPSA) is 209 Å². The van der Waals surface area contributed by atoms with Crippen molar-refractivity contribution >= 4 is 48.9 Å². The van der Waals surface area contributed by atoms with Gasteiger partial charge in [0.05, 0.1) is 33.8 Å². The maximum absolute atomic E-state index is 15.4. The van der Waals surface area contributed by atoms with E-state index in [0.717, 1.165) is 10.4 Å². The highest BCUT2D eigenvalue weighted by atomic mass is 31.2. The summed E-state index contributed by atoms with van der Waals surface area (Å²) in [5.74, 6) is -0.0861. The smallest absolute Gasteiger partial charge is 0.328 e. The number of aromatic amines is 1. The van der Waals surface area contributed by atoms with Gasteiger partial charge in [-0.25, -0.2) is 4.98 Å². The van der Waals surface area contributed by atoms with Crippen LogP contribution in [-0.4, -0.2) is 103 Å². The number of hydrogen-bond donors (Lipinski definition) is 3. The first-order valence-corrected chi connectivity index (χ1v) is 27.9. The van der Waals surface area contributed by atoms with Crippen LogP contribution >= 0.6 is 7.60 Å². The van der Waals surface area contributed by atoms with E-state index in [0.29, 0.717) is 34.2 Å². The first kappa shape index (κ1) is 51.1. The molecule has 0 amide bonds. The zero-order valence-corrected chi connectivity index (χ0v) is 42.4. The van der Waals surface area contributed by atoms with E-state index in [2.05, 4.69) is 45.8 Å². The molecule has 2 aromatic heterocycles. The average Bonchev–Trinajstić information content (AvgIpc) is 3.97. The SMILES string of the molecule is COCCO[C@@H]1[C@H](OP(=O)(O)CC[Si](C)(c2ccccc2)c2ccccc2)[C@@H](C(OC(c2ccccc2)(c2ccc(OC)cc2)c2ccc(OC)cc2)C(=O)C(C)C)O[C@H]1n1cnc2c(=O)[nH]c(N)nc21. The number of anilines is 1. The van der Waals surface area contributed by atoms with Gasteiger partial charge in [0.15, 0.2) is 23.2 Å². The molecular formula is C53H60N5O11PSi. The summed E-state index contributed by atoms with van der Waals surface area (Å²) in [7, 11) is -2.69. The molecule has 0 aliphatic carbocycles. The van der Waals surface area contributed by atoms with Gasteiger partial charge >= 0.3 is 7.60 Å². The number of ether oxygens (including phenoxy) is 6. The molecule has 16 nitrogen and oxygen atoms in total. The Kier molecular flexibility index (Phi) is 15.8. The summed E-state index contributed by atoms with van der Waals surface area (Å²) in [5, 5.41) is 2.15. The van der Waals surface area contributed by atoms with Gasteiger partial charge in [-0.15, -0.1) is 0 Å². The number of H-pyrrole nitrogens is 1. The lowest BCUT2D eigenvalue weighted by molar-refractivity contribution is -0.167. The zero-order valence-electron chi connectivity index (χ0n) is 40.5. The number of methoxy groups -OCH3 is 3. The highest BCUT2D eigenvalue weighted by Gasteiger charge is 2.57. The quantitative estimate of drug-likeness (QED) is 0.0279. The molecule has 3 heterocycles. The Balaban J connectivity index is 1.32. The van der Waals surface area contributed by atoms with Crippen LogP contribution in [0.25, 0.3) is 11.2 Å². The fourth-order valence-electron chi connectivity index (χ4n) is 9.34. The minimum Gasteiger partial charge on any atom is -0.497 e. The van der Waals surface area contributed by atoms with Gasteiger partial charge in [-0.05, 0) is 47.0 Å². The zero-order chi connectivity index (χ0) is 50.3. The number of nitrogen functional groups attached to an aromatic ring is 1. The number of benzene rings is 5. The molecule has 1 aliphatic heterocycles. The Morgan fingerprint density at radius 1 is 0.817 bits per heavy atom. The number of aromatic nitrogens is 4. The van der Waals surface area contributed by atoms with Crippen molar-refractivity contribution in [2.24, 2.45) is 5.92 Å². The average molecular weight is 1000 g/mol. The maximum atomic E-state index is 15.4. The first-order chi connectivity index (χ1) is 34.2. The minimum absolute atomic E-state index is 0.0333. The van der Waals surface area contributed by atoms with Gasteiger partial charge in [0, 0.05) is 19.2 Å². The minimum atomic E-state index is -4.66. The van der Waals surface area contributed by atoms with Crippen molar-refractivity contribution < 1.29 is 47.2 Å². The second-order valence-corrected chi connectivity index (χ2v) is 24.2. The number of nitrogens with zero attached hydrogens (tertiary/aromatic N) is 3. The van der Waals surface area contributed by atoms with E-state index >= 15 is 9.36 Å². The van der Waals surface area contributed by atoms with Crippen molar-refractivity contribution in [1.29, 1.82) is 0 Å². The number of imidazole rings is 1. The Hall–Kier alpha value is -6.27. The van der Waals surface area contributed by atoms with E-state index in [4.69, 9.17) is 38.7 Å². The Labute approximate surface area is 413 Å². The number of nitrogens with one attached hydrogen (secondary N) is 1. The van der Waals surface area contributed by atoms with E-state index in [1.54, 1.807) is 52.3 Å². The van der Waals surface area contributed by atoms with E-state index in [-0.39, 0.29) is 36.5 Å². The second kappa shape index (κ2) is 22.0.